The smallest absolute Gasteiger partial charge is 0.373 e. The number of rotatable bonds is 5. The molecule has 0 bridgehead atoms. The summed E-state index contributed by atoms with van der Waals surface area (Å²) in [6, 6.07) is 7.86. The molecule has 0 radical (unpaired) electrons. The van der Waals surface area contributed by atoms with Crippen LogP contribution in [0.4, 0.5) is 45.4 Å². The Labute approximate surface area is 192 Å². The Morgan fingerprint density at radius 2 is 1.74 bits per heavy atom. The van der Waals surface area contributed by atoms with Crippen LogP contribution in [-0.4, -0.2) is 36.0 Å². The van der Waals surface area contributed by atoms with Gasteiger partial charge in [-0.05, 0) is 36.8 Å². The Morgan fingerprint density at radius 1 is 1.00 bits per heavy atom. The summed E-state index contributed by atoms with van der Waals surface area (Å²) in [6.45, 7) is 1.69. The normalized spacial score (nSPS) is 11.0. The Balaban J connectivity index is 1.80. The summed E-state index contributed by atoms with van der Waals surface area (Å²) in [6.07, 6.45) is -3.62. The number of carbonyl (C=O) groups is 2. The third-order valence-electron chi connectivity index (χ3n) is 4.85. The van der Waals surface area contributed by atoms with Crippen molar-refractivity contribution in [2.75, 3.05) is 34.9 Å². The van der Waals surface area contributed by atoms with Crippen molar-refractivity contribution in [2.24, 2.45) is 0 Å². The largest absolute Gasteiger partial charge is 0.419 e. The number of aromatic nitrogens is 2. The molecule has 1 heterocycles. The number of halogens is 4. The van der Waals surface area contributed by atoms with Crippen LogP contribution in [0.1, 0.15) is 21.5 Å². The molecule has 34 heavy (non-hydrogen) atoms. The van der Waals surface area contributed by atoms with Crippen molar-refractivity contribution in [2.45, 2.75) is 13.1 Å². The van der Waals surface area contributed by atoms with Gasteiger partial charge in [-0.15, -0.1) is 0 Å². The van der Waals surface area contributed by atoms with E-state index in [0.717, 1.165) is 12.1 Å². The second-order valence-electron chi connectivity index (χ2n) is 7.15. The lowest BCUT2D eigenvalue weighted by Gasteiger charge is -2.19. The molecule has 8 nitrogen and oxygen atoms in total. The van der Waals surface area contributed by atoms with Gasteiger partial charge in [-0.25, -0.2) is 19.2 Å². The van der Waals surface area contributed by atoms with Crippen LogP contribution in [0.3, 0.4) is 0 Å². The molecule has 1 aromatic heterocycles. The van der Waals surface area contributed by atoms with Crippen molar-refractivity contribution in [3.05, 3.63) is 71.3 Å². The highest BCUT2D eigenvalue weighted by Crippen LogP contribution is 2.34. The molecule has 3 amide bonds. The monoisotopic (exact) mass is 476 g/mol. The fourth-order valence-corrected chi connectivity index (χ4v) is 2.91. The van der Waals surface area contributed by atoms with Crippen molar-refractivity contribution >= 4 is 34.9 Å². The number of urea groups is 1. The second-order valence-corrected chi connectivity index (χ2v) is 7.15. The maximum atomic E-state index is 14.3. The summed E-state index contributed by atoms with van der Waals surface area (Å²) in [5.41, 5.74) is -1.22. The third-order valence-corrected chi connectivity index (χ3v) is 4.85. The first kappa shape index (κ1) is 24.4. The topological polar surface area (TPSA) is 99.2 Å². The van der Waals surface area contributed by atoms with Crippen LogP contribution in [0.25, 0.3) is 0 Å². The molecule has 0 saturated heterocycles. The van der Waals surface area contributed by atoms with E-state index < -0.39 is 35.2 Å². The lowest BCUT2D eigenvalue weighted by molar-refractivity contribution is -0.139. The van der Waals surface area contributed by atoms with Gasteiger partial charge in [0.1, 0.15) is 18.0 Å². The number of nitrogens with one attached hydrogen (secondary N) is 3. The zero-order chi connectivity index (χ0) is 25.0. The predicted octanol–water partition coefficient (Wildman–Crippen LogP) is 4.91. The second kappa shape index (κ2) is 9.73. The molecule has 0 aliphatic carbocycles. The van der Waals surface area contributed by atoms with Crippen LogP contribution < -0.4 is 20.9 Å². The summed E-state index contributed by atoms with van der Waals surface area (Å²) in [4.78, 5) is 34.5. The highest BCUT2D eigenvalue weighted by molar-refractivity contribution is 6.06. The van der Waals surface area contributed by atoms with Crippen LogP contribution >= 0.6 is 0 Å². The number of nitrogens with zero attached hydrogens (tertiary/aromatic N) is 3. The summed E-state index contributed by atoms with van der Waals surface area (Å²) >= 11 is 0. The van der Waals surface area contributed by atoms with Crippen LogP contribution in [-0.2, 0) is 6.18 Å². The zero-order valence-electron chi connectivity index (χ0n) is 18.3. The lowest BCUT2D eigenvalue weighted by Crippen LogP contribution is -2.32. The maximum Gasteiger partial charge on any atom is 0.419 e. The minimum atomic E-state index is -4.91. The molecule has 0 saturated carbocycles. The highest BCUT2D eigenvalue weighted by atomic mass is 19.4. The standard InChI is InChI=1S/C22H20F4N6O2/c1-12-7-8-13(20(33)30-15-6-4-5-14(19(15)23)22(24,25)26)9-16(12)31-21(34)32(3)18-10-17(27-2)28-11-29-18/h4-11H,1-3H3,(H,30,33)(H,31,34)(H,27,28,29). The van der Waals surface area contributed by atoms with Crippen LogP contribution in [0, 0.1) is 12.7 Å². The van der Waals surface area contributed by atoms with Crippen LogP contribution in [0.5, 0.6) is 0 Å². The van der Waals surface area contributed by atoms with Crippen molar-refractivity contribution in [3.63, 3.8) is 0 Å². The zero-order valence-corrected chi connectivity index (χ0v) is 18.3. The molecule has 3 aromatic rings. The fraction of sp³-hybridized carbons (Fsp3) is 0.182. The number of benzene rings is 2. The molecular weight excluding hydrogens is 456 g/mol. The Kier molecular flexibility index (Phi) is 6.99. The van der Waals surface area contributed by atoms with Crippen molar-refractivity contribution < 1.29 is 27.2 Å². The fourth-order valence-electron chi connectivity index (χ4n) is 2.91. The first-order valence-electron chi connectivity index (χ1n) is 9.83. The SMILES string of the molecule is CNc1cc(N(C)C(=O)Nc2cc(C(=O)Nc3cccc(C(F)(F)F)c3F)ccc2C)ncn1. The first-order valence-corrected chi connectivity index (χ1v) is 9.83. The third kappa shape index (κ3) is 5.39. The molecule has 0 spiro atoms. The van der Waals surface area contributed by atoms with Crippen LogP contribution in [0.2, 0.25) is 0 Å². The van der Waals surface area contributed by atoms with Gasteiger partial charge in [0.15, 0.2) is 5.82 Å². The molecule has 3 N–H and O–H groups in total. The van der Waals surface area contributed by atoms with Crippen molar-refractivity contribution in [3.8, 4) is 0 Å². The molecule has 0 unspecified atom stereocenters. The Hall–Kier alpha value is -4.22. The summed E-state index contributed by atoms with van der Waals surface area (Å²) < 4.78 is 53.0. The van der Waals surface area contributed by atoms with E-state index in [4.69, 9.17) is 0 Å². The number of hydrogen-bond acceptors (Lipinski definition) is 5. The van der Waals surface area contributed by atoms with Crippen molar-refractivity contribution in [1.29, 1.82) is 0 Å². The maximum absolute atomic E-state index is 14.3. The Bertz CT molecular complexity index is 1230. The van der Waals surface area contributed by atoms with E-state index in [1.165, 1.54) is 36.5 Å². The number of carbonyl (C=O) groups excluding carboxylic acids is 2. The van der Waals surface area contributed by atoms with Gasteiger partial charge in [0, 0.05) is 31.4 Å². The van der Waals surface area contributed by atoms with Gasteiger partial charge in [-0.2, -0.15) is 13.2 Å². The molecule has 12 heteroatoms. The van der Waals surface area contributed by atoms with Gasteiger partial charge in [0.25, 0.3) is 5.91 Å². The quantitative estimate of drug-likeness (QED) is 0.455. The molecule has 0 aliphatic heterocycles. The average molecular weight is 476 g/mol. The van der Waals surface area contributed by atoms with E-state index in [1.807, 2.05) is 0 Å². The first-order chi connectivity index (χ1) is 16.0. The average Bonchev–Trinajstić information content (AvgIpc) is 2.80. The van der Waals surface area contributed by atoms with E-state index in [-0.39, 0.29) is 11.3 Å². The van der Waals surface area contributed by atoms with Gasteiger partial charge < -0.3 is 16.0 Å². The molecule has 178 valence electrons. The minimum Gasteiger partial charge on any atom is -0.373 e. The number of amides is 3. The number of hydrogen-bond donors (Lipinski definition) is 3. The number of aryl methyl sites for hydroxylation is 1. The van der Waals surface area contributed by atoms with Gasteiger partial charge in [0.05, 0.1) is 11.3 Å². The van der Waals surface area contributed by atoms with Crippen molar-refractivity contribution in [1.82, 2.24) is 9.97 Å². The summed E-state index contributed by atoms with van der Waals surface area (Å²) in [7, 11) is 3.15. The van der Waals surface area contributed by atoms with E-state index in [9.17, 15) is 27.2 Å². The number of alkyl halides is 3. The highest BCUT2D eigenvalue weighted by Gasteiger charge is 2.35. The summed E-state index contributed by atoms with van der Waals surface area (Å²) in [5, 5.41) is 7.62. The molecule has 0 aliphatic rings. The van der Waals surface area contributed by atoms with Gasteiger partial charge in [-0.1, -0.05) is 12.1 Å². The number of anilines is 4. The molecular formula is C22H20F4N6O2. The van der Waals surface area contributed by atoms with E-state index in [2.05, 4.69) is 25.9 Å². The predicted molar refractivity (Wildman–Crippen MR) is 120 cm³/mol. The lowest BCUT2D eigenvalue weighted by atomic mass is 10.1. The van der Waals surface area contributed by atoms with E-state index in [0.29, 0.717) is 23.3 Å². The molecule has 2 aromatic carbocycles. The molecule has 0 atom stereocenters. The Morgan fingerprint density at radius 3 is 2.41 bits per heavy atom. The van der Waals surface area contributed by atoms with Gasteiger partial charge in [-0.3, -0.25) is 9.69 Å². The minimum absolute atomic E-state index is 0.000120. The molecule has 3 rings (SSSR count). The van der Waals surface area contributed by atoms with Gasteiger partial charge in [0.2, 0.25) is 0 Å². The van der Waals surface area contributed by atoms with E-state index in [1.54, 1.807) is 20.0 Å². The molecule has 0 fully saturated rings. The van der Waals surface area contributed by atoms with Gasteiger partial charge >= 0.3 is 12.2 Å². The van der Waals surface area contributed by atoms with E-state index >= 15 is 0 Å². The summed E-state index contributed by atoms with van der Waals surface area (Å²) in [5.74, 6) is -1.63. The van der Waals surface area contributed by atoms with Crippen LogP contribution in [0.15, 0.2) is 48.8 Å².